The summed E-state index contributed by atoms with van der Waals surface area (Å²) in [5.41, 5.74) is 6.22. The first-order valence-electron chi connectivity index (χ1n) is 5.60. The highest BCUT2D eigenvalue weighted by Crippen LogP contribution is 2.28. The predicted molar refractivity (Wildman–Crippen MR) is 70.1 cm³/mol. The van der Waals surface area contributed by atoms with Crippen LogP contribution in [0, 0.1) is 6.92 Å². The number of hydrogen-bond donors (Lipinski definition) is 2. The van der Waals surface area contributed by atoms with Gasteiger partial charge in [-0.1, -0.05) is 6.92 Å². The monoisotopic (exact) mass is 271 g/mol. The van der Waals surface area contributed by atoms with Gasteiger partial charge in [-0.3, -0.25) is 4.79 Å². The SMILES string of the molecule is CCC(N)CC(=O)N(C)c1snc(C)c1C(=O)O. The van der Waals surface area contributed by atoms with Gasteiger partial charge < -0.3 is 15.7 Å². The molecule has 0 aromatic carbocycles. The van der Waals surface area contributed by atoms with Gasteiger partial charge in [0.05, 0.1) is 5.69 Å². The summed E-state index contributed by atoms with van der Waals surface area (Å²) in [4.78, 5) is 24.4. The van der Waals surface area contributed by atoms with Crippen molar-refractivity contribution in [3.05, 3.63) is 11.3 Å². The number of carbonyl (C=O) groups excluding carboxylic acids is 1. The van der Waals surface area contributed by atoms with Gasteiger partial charge in [-0.15, -0.1) is 0 Å². The summed E-state index contributed by atoms with van der Waals surface area (Å²) in [5.74, 6) is -1.27. The van der Waals surface area contributed by atoms with Gasteiger partial charge >= 0.3 is 5.97 Å². The lowest BCUT2D eigenvalue weighted by Crippen LogP contribution is -2.33. The van der Waals surface area contributed by atoms with Crippen LogP contribution in [0.1, 0.15) is 35.8 Å². The van der Waals surface area contributed by atoms with E-state index in [2.05, 4.69) is 4.37 Å². The van der Waals surface area contributed by atoms with Crippen LogP contribution in [0.5, 0.6) is 0 Å². The molecule has 0 spiro atoms. The van der Waals surface area contributed by atoms with E-state index < -0.39 is 5.97 Å². The average molecular weight is 271 g/mol. The molecule has 3 N–H and O–H groups in total. The third-order valence-electron chi connectivity index (χ3n) is 2.70. The number of nitrogens with zero attached hydrogens (tertiary/aromatic N) is 2. The van der Waals surface area contributed by atoms with E-state index in [-0.39, 0.29) is 23.9 Å². The molecule has 18 heavy (non-hydrogen) atoms. The first kappa shape index (κ1) is 14.6. The molecule has 1 amide bonds. The van der Waals surface area contributed by atoms with Crippen LogP contribution in [0.25, 0.3) is 0 Å². The Morgan fingerprint density at radius 3 is 2.67 bits per heavy atom. The van der Waals surface area contributed by atoms with Gasteiger partial charge in [0.1, 0.15) is 10.6 Å². The van der Waals surface area contributed by atoms with E-state index in [1.54, 1.807) is 14.0 Å². The van der Waals surface area contributed by atoms with E-state index in [9.17, 15) is 9.59 Å². The fraction of sp³-hybridized carbons (Fsp3) is 0.545. The van der Waals surface area contributed by atoms with Crippen LogP contribution in [0.15, 0.2) is 0 Å². The normalized spacial score (nSPS) is 12.2. The van der Waals surface area contributed by atoms with Gasteiger partial charge in [0.25, 0.3) is 0 Å². The Morgan fingerprint density at radius 1 is 1.56 bits per heavy atom. The molecule has 1 unspecified atom stereocenters. The van der Waals surface area contributed by atoms with Crippen molar-refractivity contribution in [3.8, 4) is 0 Å². The molecular weight excluding hydrogens is 254 g/mol. The Balaban J connectivity index is 2.94. The van der Waals surface area contributed by atoms with Crippen LogP contribution in [0.4, 0.5) is 5.00 Å². The van der Waals surface area contributed by atoms with Crippen molar-refractivity contribution in [1.82, 2.24) is 4.37 Å². The van der Waals surface area contributed by atoms with Gasteiger partial charge in [-0.05, 0) is 24.9 Å². The molecule has 0 aliphatic carbocycles. The van der Waals surface area contributed by atoms with Crippen molar-refractivity contribution < 1.29 is 14.7 Å². The fourth-order valence-electron chi connectivity index (χ4n) is 1.45. The third kappa shape index (κ3) is 3.05. The Morgan fingerprint density at radius 2 is 2.17 bits per heavy atom. The summed E-state index contributed by atoms with van der Waals surface area (Å²) in [6, 6.07) is -0.206. The number of aromatic nitrogens is 1. The molecule has 0 fully saturated rings. The molecule has 1 aromatic heterocycles. The molecule has 1 rings (SSSR count). The lowest BCUT2D eigenvalue weighted by Gasteiger charge is -2.17. The third-order valence-corrected chi connectivity index (χ3v) is 3.71. The highest BCUT2D eigenvalue weighted by molar-refractivity contribution is 7.11. The lowest BCUT2D eigenvalue weighted by molar-refractivity contribution is -0.118. The molecule has 0 aliphatic rings. The van der Waals surface area contributed by atoms with Crippen LogP contribution in [-0.2, 0) is 4.79 Å². The van der Waals surface area contributed by atoms with E-state index in [0.717, 1.165) is 11.5 Å². The summed E-state index contributed by atoms with van der Waals surface area (Å²) < 4.78 is 3.98. The minimum atomic E-state index is -1.07. The Hall–Kier alpha value is -1.47. The number of amides is 1. The van der Waals surface area contributed by atoms with Gasteiger partial charge in [0.2, 0.25) is 5.91 Å². The van der Waals surface area contributed by atoms with Crippen molar-refractivity contribution in [2.75, 3.05) is 11.9 Å². The van der Waals surface area contributed by atoms with E-state index in [0.29, 0.717) is 17.1 Å². The summed E-state index contributed by atoms with van der Waals surface area (Å²) in [7, 11) is 1.55. The summed E-state index contributed by atoms with van der Waals surface area (Å²) in [6.45, 7) is 3.51. The molecule has 1 atom stereocenters. The summed E-state index contributed by atoms with van der Waals surface area (Å²) in [6.07, 6.45) is 0.899. The molecule has 7 heteroatoms. The molecule has 0 aliphatic heterocycles. The van der Waals surface area contributed by atoms with Crippen molar-refractivity contribution >= 4 is 28.4 Å². The fourth-order valence-corrected chi connectivity index (χ4v) is 2.32. The number of anilines is 1. The highest BCUT2D eigenvalue weighted by Gasteiger charge is 2.24. The minimum Gasteiger partial charge on any atom is -0.478 e. The molecule has 1 aromatic rings. The topological polar surface area (TPSA) is 96.5 Å². The van der Waals surface area contributed by atoms with E-state index in [1.165, 1.54) is 4.90 Å². The number of carboxylic acids is 1. The second kappa shape index (κ2) is 5.92. The smallest absolute Gasteiger partial charge is 0.340 e. The standard InChI is InChI=1S/C11H17N3O3S/c1-4-7(12)5-8(15)14(3)10-9(11(16)17)6(2)13-18-10/h7H,4-5,12H2,1-3H3,(H,16,17). The zero-order valence-corrected chi connectivity index (χ0v) is 11.5. The zero-order valence-electron chi connectivity index (χ0n) is 10.6. The maximum Gasteiger partial charge on any atom is 0.340 e. The van der Waals surface area contributed by atoms with Crippen molar-refractivity contribution in [2.24, 2.45) is 5.73 Å². The maximum atomic E-state index is 11.9. The first-order valence-corrected chi connectivity index (χ1v) is 6.37. The van der Waals surface area contributed by atoms with Crippen LogP contribution >= 0.6 is 11.5 Å². The molecule has 0 bridgehead atoms. The van der Waals surface area contributed by atoms with Crippen molar-refractivity contribution in [3.63, 3.8) is 0 Å². The molecule has 1 heterocycles. The molecular formula is C11H17N3O3S. The molecule has 0 radical (unpaired) electrons. The van der Waals surface area contributed by atoms with Crippen LogP contribution < -0.4 is 10.6 Å². The van der Waals surface area contributed by atoms with Gasteiger partial charge in [0, 0.05) is 19.5 Å². The van der Waals surface area contributed by atoms with Crippen LogP contribution in [0.2, 0.25) is 0 Å². The van der Waals surface area contributed by atoms with Crippen molar-refractivity contribution in [1.29, 1.82) is 0 Å². The van der Waals surface area contributed by atoms with E-state index >= 15 is 0 Å². The van der Waals surface area contributed by atoms with Gasteiger partial charge in [-0.2, -0.15) is 4.37 Å². The van der Waals surface area contributed by atoms with Crippen LogP contribution in [0.3, 0.4) is 0 Å². The van der Waals surface area contributed by atoms with Gasteiger partial charge in [0.15, 0.2) is 0 Å². The lowest BCUT2D eigenvalue weighted by atomic mass is 10.1. The van der Waals surface area contributed by atoms with Crippen LogP contribution in [-0.4, -0.2) is 34.4 Å². The quantitative estimate of drug-likeness (QED) is 0.839. The molecule has 0 saturated heterocycles. The van der Waals surface area contributed by atoms with Gasteiger partial charge in [-0.25, -0.2) is 4.79 Å². The Kier molecular flexibility index (Phi) is 4.80. The minimum absolute atomic E-state index is 0.0842. The Labute approximate surface area is 110 Å². The zero-order chi connectivity index (χ0) is 13.9. The first-order chi connectivity index (χ1) is 8.38. The Bertz CT molecular complexity index is 458. The highest BCUT2D eigenvalue weighted by atomic mass is 32.1. The number of hydrogen-bond acceptors (Lipinski definition) is 5. The molecule has 0 saturated carbocycles. The summed E-state index contributed by atoms with van der Waals surface area (Å²) >= 11 is 1.01. The number of carboxylic acid groups (broad SMARTS) is 1. The second-order valence-electron chi connectivity index (χ2n) is 4.08. The van der Waals surface area contributed by atoms with E-state index in [1.807, 2.05) is 6.92 Å². The average Bonchev–Trinajstić information content (AvgIpc) is 2.69. The predicted octanol–water partition coefficient (Wildman–Crippen LogP) is 1.24. The summed E-state index contributed by atoms with van der Waals surface area (Å²) in [5, 5.41) is 9.45. The second-order valence-corrected chi connectivity index (χ2v) is 4.83. The number of carbonyl (C=O) groups is 2. The molecule has 100 valence electrons. The number of aromatic carboxylic acids is 1. The molecule has 6 nitrogen and oxygen atoms in total. The van der Waals surface area contributed by atoms with E-state index in [4.69, 9.17) is 10.8 Å². The number of rotatable bonds is 5. The largest absolute Gasteiger partial charge is 0.478 e. The number of aryl methyl sites for hydroxylation is 1. The number of nitrogens with two attached hydrogens (primary N) is 1. The van der Waals surface area contributed by atoms with Crippen molar-refractivity contribution in [2.45, 2.75) is 32.7 Å². The maximum absolute atomic E-state index is 11.9.